The van der Waals surface area contributed by atoms with Crippen LogP contribution < -0.4 is 25.4 Å². The van der Waals surface area contributed by atoms with Gasteiger partial charge in [-0.2, -0.15) is 13.2 Å². The second-order valence-corrected chi connectivity index (χ2v) is 12.4. The Morgan fingerprint density at radius 3 is 2.50 bits per heavy atom. The van der Waals surface area contributed by atoms with Gasteiger partial charge in [-0.25, -0.2) is 9.37 Å². The molecule has 4 N–H and O–H groups in total. The number of amides is 3. The van der Waals surface area contributed by atoms with E-state index in [0.29, 0.717) is 16.7 Å². The molecule has 1 fully saturated rings. The topological polar surface area (TPSA) is 152 Å². The zero-order chi connectivity index (χ0) is 35.8. The van der Waals surface area contributed by atoms with Crippen LogP contribution in [-0.4, -0.2) is 71.8 Å². The third-order valence-electron chi connectivity index (χ3n) is 8.76. The lowest BCUT2D eigenvalue weighted by Crippen LogP contribution is -2.52. The molecule has 1 aliphatic heterocycles. The molecule has 3 amide bonds. The Morgan fingerprint density at radius 2 is 1.82 bits per heavy atom. The van der Waals surface area contributed by atoms with Gasteiger partial charge in [0.2, 0.25) is 17.4 Å². The highest BCUT2D eigenvalue weighted by Gasteiger charge is 2.58. The smallest absolute Gasteiger partial charge is 0.424 e. The maximum absolute atomic E-state index is 15.0. The molecule has 2 aromatic carbocycles. The molecule has 6 rings (SSSR count). The minimum absolute atomic E-state index is 0.0195. The fourth-order valence-corrected chi connectivity index (χ4v) is 5.59. The normalized spacial score (nSPS) is 18.1. The summed E-state index contributed by atoms with van der Waals surface area (Å²) in [5.74, 6) is -2.27. The summed E-state index contributed by atoms with van der Waals surface area (Å²) >= 11 is 0. The standard InChI is InChI=1S/C35H33F4N5O6/c1-33(32(47)42-13-11-27(45)40-2)18-49-30-24(33)16-26(44-29(30)19-5-7-22(36)8-6-19)34(48,35(37,38)39)17-43-31(46)21-14-20-4-3-12-41-28(20)25(15-21)50-23-9-10-23/h3-8,12,14-16,23,48H,9-11,13,17-18H2,1-2H3,(H,40,45)(H,42,47)(H,43,46)/t33-,34?/m0/s1. The predicted molar refractivity (Wildman–Crippen MR) is 172 cm³/mol. The first-order valence-corrected chi connectivity index (χ1v) is 15.8. The van der Waals surface area contributed by atoms with Gasteiger partial charge in [-0.05, 0) is 68.3 Å². The number of pyridine rings is 2. The Kier molecular flexibility index (Phi) is 9.12. The van der Waals surface area contributed by atoms with Crippen molar-refractivity contribution in [2.24, 2.45) is 0 Å². The lowest BCUT2D eigenvalue weighted by Gasteiger charge is -2.31. The van der Waals surface area contributed by atoms with Crippen molar-refractivity contribution in [3.8, 4) is 22.8 Å². The molecule has 0 radical (unpaired) electrons. The molecule has 0 bridgehead atoms. The van der Waals surface area contributed by atoms with Crippen LogP contribution in [0.3, 0.4) is 0 Å². The first-order valence-electron chi connectivity index (χ1n) is 15.8. The van der Waals surface area contributed by atoms with E-state index in [-0.39, 0.29) is 59.7 Å². The predicted octanol–water partition coefficient (Wildman–Crippen LogP) is 4.06. The molecule has 50 heavy (non-hydrogen) atoms. The van der Waals surface area contributed by atoms with Gasteiger partial charge in [0.05, 0.1) is 18.3 Å². The van der Waals surface area contributed by atoms with Crippen LogP contribution in [-0.2, 0) is 20.6 Å². The highest BCUT2D eigenvalue weighted by molar-refractivity contribution is 6.00. The van der Waals surface area contributed by atoms with Crippen LogP contribution in [0.25, 0.3) is 22.2 Å². The van der Waals surface area contributed by atoms with Crippen molar-refractivity contribution in [2.75, 3.05) is 26.7 Å². The third-order valence-corrected chi connectivity index (χ3v) is 8.76. The maximum atomic E-state index is 15.0. The molecular formula is C35H33F4N5O6. The Balaban J connectivity index is 1.38. The van der Waals surface area contributed by atoms with Gasteiger partial charge in [-0.1, -0.05) is 6.07 Å². The van der Waals surface area contributed by atoms with Crippen molar-refractivity contribution >= 4 is 28.6 Å². The lowest BCUT2D eigenvalue weighted by atomic mass is 9.81. The molecule has 11 nitrogen and oxygen atoms in total. The number of nitrogens with zero attached hydrogens (tertiary/aromatic N) is 2. The van der Waals surface area contributed by atoms with Crippen LogP contribution in [0.4, 0.5) is 17.6 Å². The third kappa shape index (κ3) is 6.64. The number of ether oxygens (including phenoxy) is 2. The molecule has 1 saturated carbocycles. The quantitative estimate of drug-likeness (QED) is 0.172. The van der Waals surface area contributed by atoms with Crippen LogP contribution in [0.1, 0.15) is 47.8 Å². The van der Waals surface area contributed by atoms with E-state index >= 15 is 0 Å². The zero-order valence-electron chi connectivity index (χ0n) is 27.0. The van der Waals surface area contributed by atoms with Crippen LogP contribution in [0.2, 0.25) is 0 Å². The SMILES string of the molecule is CNC(=O)CCNC(=O)[C@@]1(C)COc2c1cc(C(O)(CNC(=O)c1cc(OC3CC3)c3ncccc3c1)C(F)(F)F)nc2-c1ccc(F)cc1. The summed E-state index contributed by atoms with van der Waals surface area (Å²) in [6.45, 7) is -0.292. The van der Waals surface area contributed by atoms with Gasteiger partial charge in [-0.3, -0.25) is 19.4 Å². The van der Waals surface area contributed by atoms with Crippen molar-refractivity contribution in [1.29, 1.82) is 0 Å². The molecule has 0 saturated heterocycles. The highest BCUT2D eigenvalue weighted by Crippen LogP contribution is 2.48. The summed E-state index contributed by atoms with van der Waals surface area (Å²) in [7, 11) is 1.43. The van der Waals surface area contributed by atoms with E-state index in [1.165, 1.54) is 38.2 Å². The molecule has 2 aliphatic rings. The van der Waals surface area contributed by atoms with Crippen molar-refractivity contribution in [1.82, 2.24) is 25.9 Å². The first kappa shape index (κ1) is 34.5. The number of halogens is 4. The molecule has 15 heteroatoms. The highest BCUT2D eigenvalue weighted by atomic mass is 19.4. The number of aromatic nitrogens is 2. The number of aliphatic hydroxyl groups is 1. The average molecular weight is 696 g/mol. The molecule has 1 unspecified atom stereocenters. The van der Waals surface area contributed by atoms with Gasteiger partial charge < -0.3 is 30.5 Å². The average Bonchev–Trinajstić information content (AvgIpc) is 3.85. The van der Waals surface area contributed by atoms with Gasteiger partial charge >= 0.3 is 6.18 Å². The molecule has 4 aromatic rings. The van der Waals surface area contributed by atoms with Crippen LogP contribution in [0.15, 0.2) is 60.8 Å². The second-order valence-electron chi connectivity index (χ2n) is 12.4. The summed E-state index contributed by atoms with van der Waals surface area (Å²) in [5.41, 5.74) is -5.88. The van der Waals surface area contributed by atoms with Crippen LogP contribution in [0, 0.1) is 5.82 Å². The molecule has 1 aliphatic carbocycles. The Morgan fingerprint density at radius 1 is 1.08 bits per heavy atom. The van der Waals surface area contributed by atoms with Crippen molar-refractivity contribution in [3.05, 3.63) is 83.4 Å². The minimum Gasteiger partial charge on any atom is -0.489 e. The molecule has 2 aromatic heterocycles. The number of hydrogen-bond acceptors (Lipinski definition) is 8. The summed E-state index contributed by atoms with van der Waals surface area (Å²) in [4.78, 5) is 47.0. The monoisotopic (exact) mass is 695 g/mol. The number of rotatable bonds is 11. The summed E-state index contributed by atoms with van der Waals surface area (Å²) in [6.07, 6.45) is -2.30. The summed E-state index contributed by atoms with van der Waals surface area (Å²) in [5, 5.41) is 19.2. The Hall–Kier alpha value is -5.31. The number of carbonyl (C=O) groups is 3. The fourth-order valence-electron chi connectivity index (χ4n) is 5.59. The van der Waals surface area contributed by atoms with Crippen molar-refractivity contribution in [2.45, 2.75) is 49.5 Å². The number of hydrogen-bond donors (Lipinski definition) is 4. The van der Waals surface area contributed by atoms with E-state index in [2.05, 4.69) is 25.9 Å². The minimum atomic E-state index is -5.39. The molecule has 3 heterocycles. The summed E-state index contributed by atoms with van der Waals surface area (Å²) < 4.78 is 70.5. The van der Waals surface area contributed by atoms with E-state index in [1.807, 2.05) is 0 Å². The van der Waals surface area contributed by atoms with E-state index < -0.39 is 47.1 Å². The van der Waals surface area contributed by atoms with Gasteiger partial charge in [0, 0.05) is 48.3 Å². The fraction of sp³-hybridized carbons (Fsp3) is 0.343. The number of fused-ring (bicyclic) bond motifs is 2. The van der Waals surface area contributed by atoms with E-state index in [9.17, 15) is 37.1 Å². The first-order chi connectivity index (χ1) is 23.7. The van der Waals surface area contributed by atoms with Crippen LogP contribution in [0.5, 0.6) is 11.5 Å². The number of benzene rings is 2. The molecule has 262 valence electrons. The van der Waals surface area contributed by atoms with Crippen molar-refractivity contribution < 1.29 is 46.5 Å². The number of carbonyl (C=O) groups excluding carboxylic acids is 3. The van der Waals surface area contributed by atoms with Gasteiger partial charge in [-0.15, -0.1) is 0 Å². The zero-order valence-corrected chi connectivity index (χ0v) is 27.0. The Labute approximate surface area is 283 Å². The van der Waals surface area contributed by atoms with Crippen molar-refractivity contribution in [3.63, 3.8) is 0 Å². The van der Waals surface area contributed by atoms with Crippen LogP contribution >= 0.6 is 0 Å². The number of nitrogens with one attached hydrogen (secondary N) is 3. The van der Waals surface area contributed by atoms with E-state index in [0.717, 1.165) is 31.0 Å². The largest absolute Gasteiger partial charge is 0.489 e. The van der Waals surface area contributed by atoms with E-state index in [1.54, 1.807) is 18.3 Å². The molecule has 2 atom stereocenters. The van der Waals surface area contributed by atoms with Gasteiger partial charge in [0.1, 0.15) is 40.5 Å². The molecule has 0 spiro atoms. The second kappa shape index (κ2) is 13.2. The van der Waals surface area contributed by atoms with Gasteiger partial charge in [0.15, 0.2) is 0 Å². The van der Waals surface area contributed by atoms with E-state index in [4.69, 9.17) is 9.47 Å². The molecular weight excluding hydrogens is 662 g/mol. The van der Waals surface area contributed by atoms with Gasteiger partial charge in [0.25, 0.3) is 5.91 Å². The lowest BCUT2D eigenvalue weighted by molar-refractivity contribution is -0.265. The summed E-state index contributed by atoms with van der Waals surface area (Å²) in [6, 6.07) is 11.8. The maximum Gasteiger partial charge on any atom is 0.424 e. The Bertz CT molecular complexity index is 1970. The number of alkyl halides is 3.